The van der Waals surface area contributed by atoms with Crippen molar-refractivity contribution in [1.29, 1.82) is 0 Å². The first kappa shape index (κ1) is 87.9. The fourth-order valence-electron chi connectivity index (χ4n) is 14.5. The Kier molecular flexibility index (Phi) is 30.7. The number of aliphatic imine (C=N–C) groups is 1. The van der Waals surface area contributed by atoms with Gasteiger partial charge < -0.3 is 48.3 Å². The molecule has 18 nitrogen and oxygen atoms in total. The van der Waals surface area contributed by atoms with Gasteiger partial charge in [-0.1, -0.05) is 191 Å². The maximum Gasteiger partial charge on any atom is 0.251 e. The highest BCUT2D eigenvalue weighted by Gasteiger charge is 2.18. The number of nitrogens with one attached hydrogen (secondary N) is 2. The van der Waals surface area contributed by atoms with Crippen LogP contribution < -0.4 is 33.6 Å². The average molecular weight is 1690 g/mol. The van der Waals surface area contributed by atoms with E-state index in [9.17, 15) is 14.4 Å². The van der Waals surface area contributed by atoms with Crippen LogP contribution in [0.15, 0.2) is 224 Å². The molecule has 10 N–H and O–H groups in total. The normalized spacial score (nSPS) is 13.2. The van der Waals surface area contributed by atoms with Crippen molar-refractivity contribution in [1.82, 2.24) is 50.2 Å². The molecule has 0 saturated carbocycles. The number of rotatable bonds is 17. The number of Topliss-reactive ketones (excluding diaryl/α,β-unsaturated/α-hetero) is 2. The number of piperazine rings is 1. The molecule has 0 aliphatic carbocycles. The second-order valence-corrected chi connectivity index (χ2v) is 32.3. The highest BCUT2D eigenvalue weighted by Crippen LogP contribution is 2.30. The minimum atomic E-state index is -0.106. The van der Waals surface area contributed by atoms with Crippen LogP contribution in [0.5, 0.6) is 0 Å². The van der Waals surface area contributed by atoms with Gasteiger partial charge in [-0.15, -0.1) is 0 Å². The van der Waals surface area contributed by atoms with E-state index < -0.39 is 0 Å². The number of likely N-dealkylation sites (tertiary alicyclic amines) is 1. The first-order chi connectivity index (χ1) is 59.7. The molecule has 9 aromatic carbocycles. The van der Waals surface area contributed by atoms with Gasteiger partial charge in [0, 0.05) is 186 Å². The predicted molar refractivity (Wildman–Crippen MR) is 505 cm³/mol. The number of nitrogen functional groups attached to an aromatic ring is 4. The first-order valence-corrected chi connectivity index (χ1v) is 42.5. The molecule has 3 aliphatic rings. The molecule has 4 aromatic heterocycles. The maximum atomic E-state index is 12.9. The number of piperidine rings is 1. The van der Waals surface area contributed by atoms with Crippen LogP contribution in [0.25, 0.3) is 43.1 Å². The first-order valence-electron chi connectivity index (χ1n) is 41.3. The number of aromatic nitrogens is 4. The summed E-state index contributed by atoms with van der Waals surface area (Å²) in [5.41, 5.74) is 36.8. The minimum Gasteiger partial charge on any atom is -0.383 e. The number of ketones is 2. The van der Waals surface area contributed by atoms with Gasteiger partial charge >= 0.3 is 0 Å². The highest BCUT2D eigenvalue weighted by molar-refractivity contribution is 6.32. The summed E-state index contributed by atoms with van der Waals surface area (Å²) < 4.78 is 0. The molecule has 16 rings (SSSR count). The Hall–Kier alpha value is -13.0. The minimum absolute atomic E-state index is 0.0865. The molecule has 13 aromatic rings. The van der Waals surface area contributed by atoms with Gasteiger partial charge in [-0.25, -0.2) is 19.9 Å². The SMILES string of the molecule is CN(C)CCCNC(=O)c1cccc(C#Cc2c(N)ncc3ccc(Cl)cc23)c1.CN1CCN(Cc2ccc(CC(=O)c3ccc(C#Cc4c(N)ncc5ccc(Cl)cc45)cc3)cc2)CC1.Cc1ccc2cnc(N)c(C#Cc3ccc(C4=NCCN4)cc3)c2c1.Nc1ncc2ccc(Cl)cc2c1C#Cc1ccc(C(=O)CCCCN2CCCCC2)cc1. The number of aryl methyl sites for hydroxylation is 1. The van der Waals surface area contributed by atoms with Crippen molar-refractivity contribution in [2.24, 2.45) is 4.99 Å². The lowest BCUT2D eigenvalue weighted by molar-refractivity contribution is 0.0949. The van der Waals surface area contributed by atoms with E-state index in [2.05, 4.69) is 153 Å². The Morgan fingerprint density at radius 1 is 0.463 bits per heavy atom. The zero-order valence-corrected chi connectivity index (χ0v) is 71.9. The van der Waals surface area contributed by atoms with Gasteiger partial charge in [0.1, 0.15) is 29.1 Å². The Labute approximate surface area is 734 Å². The number of halogens is 3. The summed E-state index contributed by atoms with van der Waals surface area (Å²) >= 11 is 18.4. The fraction of sp³-hybridized carbons (Fsp3) is 0.235. The molecule has 1 amide bonds. The molecule has 0 spiro atoms. The van der Waals surface area contributed by atoms with E-state index >= 15 is 0 Å². The Bertz CT molecular complexity index is 6280. The number of amidine groups is 1. The molecular formula is C102H98Cl3N15O3. The van der Waals surface area contributed by atoms with E-state index in [1.165, 1.54) is 43.5 Å². The quantitative estimate of drug-likeness (QED) is 0.0281. The third kappa shape index (κ3) is 24.9. The number of unbranched alkanes of at least 4 members (excludes halogenated alkanes) is 1. The van der Waals surface area contributed by atoms with E-state index in [-0.39, 0.29) is 17.5 Å². The van der Waals surface area contributed by atoms with E-state index in [0.29, 0.717) is 85.5 Å². The van der Waals surface area contributed by atoms with Crippen molar-refractivity contribution in [3.05, 3.63) is 317 Å². The zero-order valence-electron chi connectivity index (χ0n) is 69.6. The van der Waals surface area contributed by atoms with Crippen LogP contribution in [0.1, 0.15) is 143 Å². The van der Waals surface area contributed by atoms with Crippen molar-refractivity contribution < 1.29 is 14.4 Å². The number of fused-ring (bicyclic) bond motifs is 4. The van der Waals surface area contributed by atoms with Crippen molar-refractivity contribution in [2.75, 3.05) is 116 Å². The number of likely N-dealkylation sites (N-methyl/N-ethyl adjacent to an activating group) is 1. The number of hydrogen-bond acceptors (Lipinski definition) is 17. The number of benzene rings is 9. The molecule has 7 heterocycles. The van der Waals surface area contributed by atoms with Crippen LogP contribution in [0.4, 0.5) is 23.3 Å². The third-order valence-corrected chi connectivity index (χ3v) is 22.2. The van der Waals surface area contributed by atoms with E-state index in [0.717, 1.165) is 172 Å². The molecule has 2 saturated heterocycles. The predicted octanol–water partition coefficient (Wildman–Crippen LogP) is 17.2. The third-order valence-electron chi connectivity index (χ3n) is 21.5. The lowest BCUT2D eigenvalue weighted by atomic mass is 10.0. The fourth-order valence-corrected chi connectivity index (χ4v) is 15.0. The molecule has 0 radical (unpaired) electrons. The lowest BCUT2D eigenvalue weighted by Gasteiger charge is -2.32. The van der Waals surface area contributed by atoms with Crippen molar-refractivity contribution in [2.45, 2.75) is 64.8 Å². The van der Waals surface area contributed by atoms with E-state index in [1.807, 2.05) is 154 Å². The van der Waals surface area contributed by atoms with Crippen LogP contribution in [0.2, 0.25) is 15.1 Å². The van der Waals surface area contributed by atoms with Crippen LogP contribution in [-0.4, -0.2) is 156 Å². The standard InChI is InChI=1S/C31H29ClN4O.C27H28ClN3O.C23H23ClN4O.C21H18N4/c1-35-14-16-36(17-15-35)21-24-4-2-23(3-5-24)18-30(37)25-9-6-22(7-10-25)8-13-28-29-19-27(32)12-11-26(29)20-34-31(28)33;28-23-13-12-22-19-30-27(29)24(25(22)18-23)14-9-20-7-10-21(11-8-20)26(32)6-2-5-17-31-15-3-1-4-16-31;1-28(2)12-4-11-26-23(29)17-6-3-5-16(13-17)7-10-20-21-14-19(24)9-8-18(21)15-27-22(20)25;1-14-2-6-17-13-25-20(22)18(19(17)12-14)9-5-15-3-7-16(8-4-15)21-23-10-11-24-21/h2-7,9-12,19-20H,14-18,21H2,1H3,(H2,33,34);7-8,10-13,18-19H,1-6,15-17H2,(H2,29,30);3,5-6,8-9,13-15H,4,11-12H2,1-2H3,(H2,25,27)(H,26,29);2-4,6-8,12-13H,10-11H2,1H3,(H2,22,25)(H,23,24). The van der Waals surface area contributed by atoms with E-state index in [1.54, 1.807) is 43.0 Å². The van der Waals surface area contributed by atoms with Gasteiger partial charge in [0.15, 0.2) is 11.6 Å². The number of hydrogen-bond donors (Lipinski definition) is 6. The Morgan fingerprint density at radius 2 is 0.927 bits per heavy atom. The van der Waals surface area contributed by atoms with Crippen LogP contribution in [0.3, 0.4) is 0 Å². The largest absolute Gasteiger partial charge is 0.383 e. The molecule has 620 valence electrons. The number of pyridine rings is 4. The van der Waals surface area contributed by atoms with Crippen LogP contribution in [0, 0.1) is 54.3 Å². The molecule has 2 fully saturated rings. The summed E-state index contributed by atoms with van der Waals surface area (Å²) in [6.45, 7) is 14.3. The van der Waals surface area contributed by atoms with Gasteiger partial charge in [-0.3, -0.25) is 24.3 Å². The monoisotopic (exact) mass is 1690 g/mol. The van der Waals surface area contributed by atoms with Gasteiger partial charge in [0.25, 0.3) is 5.91 Å². The highest BCUT2D eigenvalue weighted by atomic mass is 35.5. The summed E-state index contributed by atoms with van der Waals surface area (Å²) in [5.74, 6) is 27.8. The van der Waals surface area contributed by atoms with Crippen molar-refractivity contribution in [3.8, 4) is 47.4 Å². The molecule has 0 unspecified atom stereocenters. The molecule has 0 bridgehead atoms. The molecular weight excluding hydrogens is 1590 g/mol. The Balaban J connectivity index is 0.000000142. The number of carbonyl (C=O) groups is 3. The number of amides is 1. The van der Waals surface area contributed by atoms with Gasteiger partial charge in [-0.05, 0) is 195 Å². The van der Waals surface area contributed by atoms with Crippen LogP contribution in [-0.2, 0) is 13.0 Å². The topological polar surface area (TPSA) is 256 Å². The molecule has 0 atom stereocenters. The summed E-state index contributed by atoms with van der Waals surface area (Å²) in [4.78, 5) is 68.6. The number of anilines is 4. The maximum absolute atomic E-state index is 12.9. The van der Waals surface area contributed by atoms with Gasteiger partial charge in [0.05, 0.1) is 28.8 Å². The average Bonchev–Trinajstić information content (AvgIpc) is 1.70. The molecule has 3 aliphatic heterocycles. The van der Waals surface area contributed by atoms with Crippen molar-refractivity contribution >= 4 is 124 Å². The molecule has 123 heavy (non-hydrogen) atoms. The summed E-state index contributed by atoms with van der Waals surface area (Å²) in [5, 5.41) is 15.5. The van der Waals surface area contributed by atoms with Crippen LogP contribution >= 0.6 is 34.8 Å². The van der Waals surface area contributed by atoms with Gasteiger partial charge in [-0.2, -0.15) is 0 Å². The summed E-state index contributed by atoms with van der Waals surface area (Å²) in [6.07, 6.45) is 14.8. The zero-order chi connectivity index (χ0) is 86.1. The second-order valence-electron chi connectivity index (χ2n) is 31.0. The lowest BCUT2D eigenvalue weighted by Crippen LogP contribution is -2.43. The Morgan fingerprint density at radius 3 is 1.41 bits per heavy atom. The smallest absolute Gasteiger partial charge is 0.251 e. The molecule has 21 heteroatoms. The van der Waals surface area contributed by atoms with Crippen molar-refractivity contribution in [3.63, 3.8) is 0 Å². The second kappa shape index (κ2) is 43.0. The number of nitrogens with zero attached hydrogens (tertiary/aromatic N) is 9. The number of carbonyl (C=O) groups excluding carboxylic acids is 3. The summed E-state index contributed by atoms with van der Waals surface area (Å²) in [7, 11) is 6.19. The number of nitrogens with two attached hydrogens (primary N) is 4. The van der Waals surface area contributed by atoms with E-state index in [4.69, 9.17) is 57.7 Å². The summed E-state index contributed by atoms with van der Waals surface area (Å²) in [6, 6.07) is 61.5. The van der Waals surface area contributed by atoms with Gasteiger partial charge in [0.2, 0.25) is 0 Å².